The summed E-state index contributed by atoms with van der Waals surface area (Å²) in [6, 6.07) is 59.2. The Hall–Kier alpha value is -4.97. The van der Waals surface area contributed by atoms with Gasteiger partial charge in [0.1, 0.15) is 16.4 Å². The van der Waals surface area contributed by atoms with Crippen molar-refractivity contribution in [3.8, 4) is 22.6 Å². The Morgan fingerprint density at radius 2 is 1.04 bits per heavy atom. The Bertz CT molecular complexity index is 2240. The first-order valence-electron chi connectivity index (χ1n) is 15.4. The second-order valence-electron chi connectivity index (χ2n) is 11.2. The highest BCUT2D eigenvalue weighted by Crippen LogP contribution is 2.58. The minimum absolute atomic E-state index is 0.892. The van der Waals surface area contributed by atoms with E-state index in [-0.39, 0.29) is 0 Å². The molecule has 0 atom stereocenters. The Morgan fingerprint density at radius 1 is 0.521 bits per heavy atom. The van der Waals surface area contributed by atoms with Gasteiger partial charge in [0.05, 0.1) is 0 Å². The first-order valence-corrected chi connectivity index (χ1v) is 18.0. The van der Waals surface area contributed by atoms with Crippen molar-refractivity contribution in [2.75, 3.05) is 0 Å². The molecule has 0 radical (unpaired) electrons. The molecule has 0 amide bonds. The third-order valence-electron chi connectivity index (χ3n) is 8.27. The van der Waals surface area contributed by atoms with Crippen LogP contribution in [-0.2, 0) is 0 Å². The van der Waals surface area contributed by atoms with Gasteiger partial charge in [-0.05, 0) is 69.4 Å². The first kappa shape index (κ1) is 31.6. The Labute approximate surface area is 280 Å². The summed E-state index contributed by atoms with van der Waals surface area (Å²) in [4.78, 5) is 0. The smallest absolute Gasteiger partial charge is 0.452 e. The highest BCUT2D eigenvalue weighted by atomic mass is 32.1. The minimum atomic E-state index is -6.00. The van der Waals surface area contributed by atoms with Crippen LogP contribution in [0.4, 0.5) is 17.3 Å². The van der Waals surface area contributed by atoms with Crippen molar-refractivity contribution in [1.82, 2.24) is 0 Å². The van der Waals surface area contributed by atoms with Gasteiger partial charge >= 0.3 is 7.25 Å². The van der Waals surface area contributed by atoms with Crippen molar-refractivity contribution in [2.24, 2.45) is 0 Å². The van der Waals surface area contributed by atoms with Crippen LogP contribution in [0.3, 0.4) is 0 Å². The van der Waals surface area contributed by atoms with Gasteiger partial charge in [-0.15, -0.1) is 11.3 Å². The summed E-state index contributed by atoms with van der Waals surface area (Å²) < 4.78 is 47.5. The fourth-order valence-electron chi connectivity index (χ4n) is 6.38. The first-order chi connectivity index (χ1) is 23.3. The van der Waals surface area contributed by atoms with Crippen LogP contribution in [0.25, 0.3) is 44.2 Å². The second-order valence-corrected chi connectivity index (χ2v) is 15.8. The van der Waals surface area contributed by atoms with E-state index in [0.717, 1.165) is 22.6 Å². The normalized spacial score (nSPS) is 11.8. The fraction of sp³-hybridized carbons (Fsp3) is 0. The summed E-state index contributed by atoms with van der Waals surface area (Å²) in [5.74, 6) is 1.82. The van der Waals surface area contributed by atoms with Crippen molar-refractivity contribution in [3.63, 3.8) is 0 Å². The SMILES string of the molecule is F[B-](F)(F)F.c1ccc(-c2oc(-c3cc4ccccc4c4ccccc34)cc2[P+](c2ccccc2)(c2ccccc2)c2cccs2)cc1. The molecular formula is C40H28BF4OPS. The number of rotatable bonds is 6. The summed E-state index contributed by atoms with van der Waals surface area (Å²) in [7, 11) is -8.34. The standard InChI is InChI=1S/C40H28OPS.BF4/c1-4-15-29(16-5-1)40-38(28-37(41-40)36-27-30-17-10-11-22-33(30)34-23-12-13-24-35(34)36)42(39-25-14-26-43-39,31-18-6-2-7-19-31)32-20-8-3-9-21-32;2-1(3,4)5/h1-28H;/q+1;-1. The average molecular weight is 675 g/mol. The van der Waals surface area contributed by atoms with Gasteiger partial charge < -0.3 is 21.7 Å². The van der Waals surface area contributed by atoms with Gasteiger partial charge in [-0.25, -0.2) is 0 Å². The molecule has 0 spiro atoms. The van der Waals surface area contributed by atoms with E-state index in [1.54, 1.807) is 0 Å². The van der Waals surface area contributed by atoms with Gasteiger partial charge in [0.15, 0.2) is 22.9 Å². The third-order valence-corrected chi connectivity index (χ3v) is 14.1. The zero-order chi connectivity index (χ0) is 33.1. The predicted octanol–water partition coefficient (Wildman–Crippen LogP) is 10.9. The summed E-state index contributed by atoms with van der Waals surface area (Å²) in [6.45, 7) is 0. The van der Waals surface area contributed by atoms with Crippen LogP contribution in [-0.4, -0.2) is 7.25 Å². The quantitative estimate of drug-likeness (QED) is 0.0741. The Morgan fingerprint density at radius 3 is 1.62 bits per heavy atom. The van der Waals surface area contributed by atoms with Crippen molar-refractivity contribution >= 4 is 67.9 Å². The van der Waals surface area contributed by atoms with E-state index < -0.39 is 14.5 Å². The van der Waals surface area contributed by atoms with Crippen LogP contribution in [0.1, 0.15) is 0 Å². The molecule has 0 unspecified atom stereocenters. The zero-order valence-electron chi connectivity index (χ0n) is 25.5. The predicted molar refractivity (Wildman–Crippen MR) is 197 cm³/mol. The molecule has 2 aromatic heterocycles. The summed E-state index contributed by atoms with van der Waals surface area (Å²) in [5, 5.41) is 11.0. The molecule has 2 heterocycles. The van der Waals surface area contributed by atoms with Crippen LogP contribution in [0.15, 0.2) is 174 Å². The topological polar surface area (TPSA) is 13.1 Å². The lowest BCUT2D eigenvalue weighted by Crippen LogP contribution is -2.37. The van der Waals surface area contributed by atoms with E-state index in [2.05, 4.69) is 169 Å². The number of thiophene rings is 1. The molecule has 0 saturated heterocycles. The lowest BCUT2D eigenvalue weighted by Gasteiger charge is -2.25. The number of halogens is 4. The van der Waals surface area contributed by atoms with E-state index >= 15 is 0 Å². The molecule has 48 heavy (non-hydrogen) atoms. The van der Waals surface area contributed by atoms with Crippen LogP contribution in [0.2, 0.25) is 0 Å². The third kappa shape index (κ3) is 6.08. The van der Waals surface area contributed by atoms with E-state index in [0.29, 0.717) is 0 Å². The van der Waals surface area contributed by atoms with Crippen molar-refractivity contribution in [2.45, 2.75) is 0 Å². The number of furan rings is 1. The molecule has 8 heteroatoms. The van der Waals surface area contributed by atoms with Crippen molar-refractivity contribution in [3.05, 3.63) is 169 Å². The van der Waals surface area contributed by atoms with Gasteiger partial charge in [0, 0.05) is 17.2 Å². The minimum Gasteiger partial charge on any atom is -0.452 e. The fourth-order valence-corrected chi connectivity index (χ4v) is 12.5. The van der Waals surface area contributed by atoms with E-state index in [1.165, 1.54) is 42.1 Å². The van der Waals surface area contributed by atoms with Gasteiger partial charge in [0.2, 0.25) is 0 Å². The van der Waals surface area contributed by atoms with E-state index in [1.807, 2.05) is 11.3 Å². The highest BCUT2D eigenvalue weighted by Gasteiger charge is 2.52. The molecule has 1 nitrogen and oxygen atoms in total. The summed E-state index contributed by atoms with van der Waals surface area (Å²) >= 11 is 1.84. The molecule has 0 bridgehead atoms. The Kier molecular flexibility index (Phi) is 8.74. The van der Waals surface area contributed by atoms with E-state index in [4.69, 9.17) is 4.42 Å². The molecule has 8 rings (SSSR count). The molecule has 0 N–H and O–H groups in total. The van der Waals surface area contributed by atoms with Crippen LogP contribution in [0, 0.1) is 0 Å². The zero-order valence-corrected chi connectivity index (χ0v) is 27.2. The monoisotopic (exact) mass is 674 g/mol. The van der Waals surface area contributed by atoms with E-state index in [9.17, 15) is 17.3 Å². The molecule has 0 aliphatic rings. The molecule has 0 fully saturated rings. The lowest BCUT2D eigenvalue weighted by molar-refractivity contribution is 0.368. The maximum Gasteiger partial charge on any atom is 0.673 e. The van der Waals surface area contributed by atoms with Gasteiger partial charge in [0.25, 0.3) is 0 Å². The largest absolute Gasteiger partial charge is 0.673 e. The molecular weight excluding hydrogens is 646 g/mol. The van der Waals surface area contributed by atoms with Crippen LogP contribution < -0.4 is 20.5 Å². The molecule has 236 valence electrons. The van der Waals surface area contributed by atoms with Crippen LogP contribution >= 0.6 is 18.6 Å². The molecule has 8 aromatic rings. The summed E-state index contributed by atoms with van der Waals surface area (Å²) in [6.07, 6.45) is 0. The highest BCUT2D eigenvalue weighted by molar-refractivity contribution is 8.04. The van der Waals surface area contributed by atoms with Gasteiger partial charge in [-0.3, -0.25) is 0 Å². The van der Waals surface area contributed by atoms with Crippen molar-refractivity contribution < 1.29 is 21.7 Å². The number of hydrogen-bond donors (Lipinski definition) is 0. The maximum absolute atomic E-state index is 9.75. The lowest BCUT2D eigenvalue weighted by atomic mass is 9.96. The molecule has 0 saturated carbocycles. The average Bonchev–Trinajstić information content (AvgIpc) is 3.81. The Balaban J connectivity index is 0.000000681. The number of hydrogen-bond acceptors (Lipinski definition) is 2. The molecule has 0 aliphatic carbocycles. The van der Waals surface area contributed by atoms with Gasteiger partial charge in [-0.1, -0.05) is 115 Å². The van der Waals surface area contributed by atoms with Crippen molar-refractivity contribution in [1.29, 1.82) is 0 Å². The van der Waals surface area contributed by atoms with Gasteiger partial charge in [-0.2, -0.15) is 0 Å². The maximum atomic E-state index is 9.75. The summed E-state index contributed by atoms with van der Waals surface area (Å²) in [5.41, 5.74) is 2.20. The second kappa shape index (κ2) is 13.3. The number of benzene rings is 6. The molecule has 6 aromatic carbocycles. The molecule has 0 aliphatic heterocycles. The number of fused-ring (bicyclic) bond motifs is 3. The van der Waals surface area contributed by atoms with Crippen LogP contribution in [0.5, 0.6) is 0 Å².